The van der Waals surface area contributed by atoms with Crippen molar-refractivity contribution in [3.8, 4) is 17.3 Å². The van der Waals surface area contributed by atoms with Gasteiger partial charge in [0.25, 0.3) is 11.5 Å². The quantitative estimate of drug-likeness (QED) is 0.609. The predicted octanol–water partition coefficient (Wildman–Crippen LogP) is 1.33. The number of pyridine rings is 1. The Hall–Kier alpha value is -3.23. The zero-order chi connectivity index (χ0) is 20.3. The zero-order valence-electron chi connectivity index (χ0n) is 15.6. The molecule has 1 atom stereocenters. The van der Waals surface area contributed by atoms with E-state index in [9.17, 15) is 19.5 Å². The van der Waals surface area contributed by atoms with Gasteiger partial charge in [-0.3, -0.25) is 19.4 Å². The van der Waals surface area contributed by atoms with Crippen LogP contribution in [0.3, 0.4) is 0 Å². The average molecular weight is 385 g/mol. The molecule has 5 N–H and O–H groups in total. The van der Waals surface area contributed by atoms with Crippen molar-refractivity contribution in [3.05, 3.63) is 39.9 Å². The highest BCUT2D eigenvalue weighted by atomic mass is 16.3. The van der Waals surface area contributed by atoms with Crippen LogP contribution in [0.15, 0.2) is 23.1 Å². The zero-order valence-corrected chi connectivity index (χ0v) is 15.6. The summed E-state index contributed by atoms with van der Waals surface area (Å²) >= 11 is 0. The van der Waals surface area contributed by atoms with E-state index in [1.165, 1.54) is 24.8 Å². The van der Waals surface area contributed by atoms with Crippen LogP contribution in [0.25, 0.3) is 11.5 Å². The number of aromatic hydroxyl groups is 1. The third-order valence-corrected chi connectivity index (χ3v) is 5.12. The van der Waals surface area contributed by atoms with Crippen molar-refractivity contribution in [3.63, 3.8) is 0 Å². The third kappa shape index (κ3) is 4.19. The minimum Gasteiger partial charge on any atom is -0.501 e. The van der Waals surface area contributed by atoms with E-state index in [0.717, 1.165) is 25.7 Å². The monoisotopic (exact) mass is 385 g/mol. The van der Waals surface area contributed by atoms with Crippen LogP contribution in [0.2, 0.25) is 0 Å². The van der Waals surface area contributed by atoms with Crippen LogP contribution in [0.1, 0.15) is 59.9 Å². The molecule has 0 saturated heterocycles. The van der Waals surface area contributed by atoms with Gasteiger partial charge in [0.2, 0.25) is 11.7 Å². The summed E-state index contributed by atoms with van der Waals surface area (Å²) in [6.07, 6.45) is 6.80. The number of aromatic amines is 1. The van der Waals surface area contributed by atoms with Gasteiger partial charge in [-0.25, -0.2) is 4.98 Å². The molecular formula is C19H23N5O4. The van der Waals surface area contributed by atoms with Crippen molar-refractivity contribution in [1.82, 2.24) is 20.3 Å². The van der Waals surface area contributed by atoms with E-state index in [1.54, 1.807) is 0 Å². The molecule has 3 rings (SSSR count). The van der Waals surface area contributed by atoms with Crippen LogP contribution >= 0.6 is 0 Å². The number of hydrogen-bond acceptors (Lipinski definition) is 6. The summed E-state index contributed by atoms with van der Waals surface area (Å²) in [6.45, 7) is 1.92. The summed E-state index contributed by atoms with van der Waals surface area (Å²) in [6, 6.07) is 2.79. The molecule has 1 aliphatic rings. The minimum atomic E-state index is -0.846. The molecule has 9 nitrogen and oxygen atoms in total. The number of nitrogens with zero attached hydrogens (tertiary/aromatic N) is 2. The van der Waals surface area contributed by atoms with Crippen LogP contribution in [0.5, 0.6) is 5.75 Å². The van der Waals surface area contributed by atoms with Crippen LogP contribution in [-0.2, 0) is 0 Å². The van der Waals surface area contributed by atoms with Gasteiger partial charge in [-0.2, -0.15) is 0 Å². The largest absolute Gasteiger partial charge is 0.501 e. The SMILES string of the molecule is C[C@@H](NC(=O)c1nc(-c2ccc(C(N)=O)cn2)[nH]c(=O)c1O)C1CCCCC1. The Kier molecular flexibility index (Phi) is 5.72. The number of carbonyl (C=O) groups is 2. The van der Waals surface area contributed by atoms with Gasteiger partial charge < -0.3 is 21.1 Å². The number of H-pyrrole nitrogens is 1. The van der Waals surface area contributed by atoms with E-state index < -0.39 is 23.1 Å². The summed E-state index contributed by atoms with van der Waals surface area (Å²) < 4.78 is 0. The van der Waals surface area contributed by atoms with Gasteiger partial charge in [0.1, 0.15) is 5.69 Å². The first-order valence-corrected chi connectivity index (χ1v) is 9.27. The van der Waals surface area contributed by atoms with Crippen LogP contribution < -0.4 is 16.6 Å². The van der Waals surface area contributed by atoms with Gasteiger partial charge in [-0.1, -0.05) is 19.3 Å². The summed E-state index contributed by atoms with van der Waals surface area (Å²) in [5, 5.41) is 12.9. The van der Waals surface area contributed by atoms with Crippen LogP contribution in [-0.4, -0.2) is 37.9 Å². The van der Waals surface area contributed by atoms with Crippen molar-refractivity contribution < 1.29 is 14.7 Å². The number of hydrogen-bond donors (Lipinski definition) is 4. The number of amides is 2. The first kappa shape index (κ1) is 19.5. The molecule has 0 aliphatic heterocycles. The molecule has 2 heterocycles. The maximum Gasteiger partial charge on any atom is 0.294 e. The molecule has 28 heavy (non-hydrogen) atoms. The first-order chi connectivity index (χ1) is 13.4. The molecule has 0 unspecified atom stereocenters. The van der Waals surface area contributed by atoms with Crippen LogP contribution in [0.4, 0.5) is 0 Å². The number of rotatable bonds is 5. The van der Waals surface area contributed by atoms with Gasteiger partial charge in [0.05, 0.1) is 5.56 Å². The third-order valence-electron chi connectivity index (χ3n) is 5.12. The van der Waals surface area contributed by atoms with E-state index in [1.807, 2.05) is 6.92 Å². The number of aromatic nitrogens is 3. The molecule has 2 aromatic heterocycles. The fraction of sp³-hybridized carbons (Fsp3) is 0.421. The molecule has 148 valence electrons. The topological polar surface area (TPSA) is 151 Å². The second kappa shape index (κ2) is 8.20. The van der Waals surface area contributed by atoms with Crippen molar-refractivity contribution in [2.75, 3.05) is 0 Å². The van der Waals surface area contributed by atoms with E-state index in [-0.39, 0.29) is 28.8 Å². The standard InChI is InChI=1S/C19H23N5O4/c1-10(11-5-3-2-4-6-11)22-18(27)14-15(25)19(28)24-17(23-14)13-8-7-12(9-21-13)16(20)26/h7-11,25H,2-6H2,1H3,(H2,20,26)(H,22,27)(H,23,24,28)/t10-/m1/s1. The Morgan fingerprint density at radius 1 is 1.29 bits per heavy atom. The lowest BCUT2D eigenvalue weighted by molar-refractivity contribution is 0.0910. The smallest absolute Gasteiger partial charge is 0.294 e. The summed E-state index contributed by atoms with van der Waals surface area (Å²) in [5.74, 6) is -1.62. The van der Waals surface area contributed by atoms with Crippen molar-refractivity contribution in [1.29, 1.82) is 0 Å². The highest BCUT2D eigenvalue weighted by Gasteiger charge is 2.25. The number of nitrogens with one attached hydrogen (secondary N) is 2. The number of carbonyl (C=O) groups excluding carboxylic acids is 2. The Morgan fingerprint density at radius 3 is 2.61 bits per heavy atom. The van der Waals surface area contributed by atoms with E-state index in [2.05, 4.69) is 20.3 Å². The van der Waals surface area contributed by atoms with Gasteiger partial charge >= 0.3 is 0 Å². The van der Waals surface area contributed by atoms with Crippen LogP contribution in [0, 0.1) is 5.92 Å². The summed E-state index contributed by atoms with van der Waals surface area (Å²) in [7, 11) is 0. The second-order valence-electron chi connectivity index (χ2n) is 7.07. The van der Waals surface area contributed by atoms with Gasteiger partial charge in [0.15, 0.2) is 11.5 Å². The molecule has 0 aromatic carbocycles. The fourth-order valence-electron chi connectivity index (χ4n) is 3.45. The lowest BCUT2D eigenvalue weighted by Crippen LogP contribution is -2.39. The second-order valence-corrected chi connectivity index (χ2v) is 7.07. The average Bonchev–Trinajstić information content (AvgIpc) is 2.70. The Balaban J connectivity index is 1.85. The molecule has 0 spiro atoms. The summed E-state index contributed by atoms with van der Waals surface area (Å²) in [4.78, 5) is 46.3. The normalized spacial score (nSPS) is 15.8. The maximum atomic E-state index is 12.6. The molecule has 0 radical (unpaired) electrons. The van der Waals surface area contributed by atoms with E-state index in [0.29, 0.717) is 5.92 Å². The maximum absolute atomic E-state index is 12.6. The minimum absolute atomic E-state index is 0.00860. The fourth-order valence-corrected chi connectivity index (χ4v) is 3.45. The van der Waals surface area contributed by atoms with Gasteiger partial charge in [-0.15, -0.1) is 0 Å². The van der Waals surface area contributed by atoms with Crippen molar-refractivity contribution in [2.24, 2.45) is 11.7 Å². The van der Waals surface area contributed by atoms with Crippen molar-refractivity contribution in [2.45, 2.75) is 45.1 Å². The highest BCUT2D eigenvalue weighted by Crippen LogP contribution is 2.26. The Labute approximate surface area is 161 Å². The Morgan fingerprint density at radius 2 is 2.00 bits per heavy atom. The van der Waals surface area contributed by atoms with E-state index >= 15 is 0 Å². The Bertz CT molecular complexity index is 932. The molecule has 1 fully saturated rings. The predicted molar refractivity (Wildman–Crippen MR) is 102 cm³/mol. The first-order valence-electron chi connectivity index (χ1n) is 9.27. The molecule has 2 amide bonds. The number of primary amides is 1. The lowest BCUT2D eigenvalue weighted by Gasteiger charge is -2.28. The molecule has 1 saturated carbocycles. The summed E-state index contributed by atoms with van der Waals surface area (Å²) in [5.41, 5.74) is 4.41. The van der Waals surface area contributed by atoms with E-state index in [4.69, 9.17) is 5.73 Å². The lowest BCUT2D eigenvalue weighted by atomic mass is 9.84. The molecule has 0 bridgehead atoms. The van der Waals surface area contributed by atoms with Gasteiger partial charge in [-0.05, 0) is 37.8 Å². The van der Waals surface area contributed by atoms with Crippen molar-refractivity contribution >= 4 is 11.8 Å². The van der Waals surface area contributed by atoms with Gasteiger partial charge in [0, 0.05) is 12.2 Å². The molecule has 1 aliphatic carbocycles. The molecule has 2 aromatic rings. The molecule has 9 heteroatoms. The number of nitrogens with two attached hydrogens (primary N) is 1. The highest BCUT2D eigenvalue weighted by molar-refractivity contribution is 5.95. The molecular weight excluding hydrogens is 362 g/mol.